The van der Waals surface area contributed by atoms with E-state index in [2.05, 4.69) is 15.9 Å². The van der Waals surface area contributed by atoms with Crippen LogP contribution in [0.1, 0.15) is 12.8 Å². The predicted molar refractivity (Wildman–Crippen MR) is 76.6 cm³/mol. The monoisotopic (exact) mass is 326 g/mol. The summed E-state index contributed by atoms with van der Waals surface area (Å²) in [4.78, 5) is 26.2. The molecule has 1 aromatic rings. The summed E-state index contributed by atoms with van der Waals surface area (Å²) in [6.07, 6.45) is 0.527. The molecule has 1 N–H and O–H groups in total. The van der Waals surface area contributed by atoms with Gasteiger partial charge in [-0.2, -0.15) is 0 Å². The third kappa shape index (κ3) is 3.07. The number of carbonyl (C=O) groups excluding carboxylic acids is 1. The number of hydrogen-bond acceptors (Lipinski definition) is 3. The van der Waals surface area contributed by atoms with Gasteiger partial charge in [-0.1, -0.05) is 15.9 Å². The van der Waals surface area contributed by atoms with Gasteiger partial charge in [0.2, 0.25) is 5.91 Å². The van der Waals surface area contributed by atoms with Crippen molar-refractivity contribution in [2.75, 3.05) is 29.9 Å². The number of carboxylic acid groups (broad SMARTS) is 1. The van der Waals surface area contributed by atoms with Crippen LogP contribution in [-0.4, -0.2) is 37.1 Å². The van der Waals surface area contributed by atoms with Crippen molar-refractivity contribution in [3.8, 4) is 0 Å². The van der Waals surface area contributed by atoms with E-state index < -0.39 is 5.97 Å². The molecule has 0 spiro atoms. The van der Waals surface area contributed by atoms with Gasteiger partial charge in [0.25, 0.3) is 0 Å². The SMILES string of the molecule is CN1CC(=O)N(CCCC(=O)O)c2cc(Br)ccc21. The number of nitrogens with zero attached hydrogens (tertiary/aromatic N) is 2. The maximum Gasteiger partial charge on any atom is 0.303 e. The van der Waals surface area contributed by atoms with Crippen LogP contribution in [0.15, 0.2) is 22.7 Å². The van der Waals surface area contributed by atoms with Crippen LogP contribution in [-0.2, 0) is 9.59 Å². The first kappa shape index (κ1) is 13.9. The Hall–Kier alpha value is -1.56. The molecule has 1 aliphatic rings. The molecule has 1 aromatic carbocycles. The first-order chi connectivity index (χ1) is 8.99. The summed E-state index contributed by atoms with van der Waals surface area (Å²) in [6.45, 7) is 0.754. The summed E-state index contributed by atoms with van der Waals surface area (Å²) < 4.78 is 0.901. The first-order valence-corrected chi connectivity index (χ1v) is 6.81. The minimum atomic E-state index is -0.837. The fourth-order valence-electron chi connectivity index (χ4n) is 2.18. The molecule has 0 fully saturated rings. The third-order valence-electron chi connectivity index (χ3n) is 3.09. The molecule has 0 bridgehead atoms. The molecule has 0 aliphatic carbocycles. The number of benzene rings is 1. The van der Waals surface area contributed by atoms with Gasteiger partial charge in [-0.25, -0.2) is 0 Å². The fourth-order valence-corrected chi connectivity index (χ4v) is 2.53. The molecule has 102 valence electrons. The van der Waals surface area contributed by atoms with Crippen LogP contribution in [0, 0.1) is 0 Å². The van der Waals surface area contributed by atoms with Gasteiger partial charge in [0.15, 0.2) is 0 Å². The summed E-state index contributed by atoms with van der Waals surface area (Å²) >= 11 is 3.40. The molecule has 0 unspecified atom stereocenters. The summed E-state index contributed by atoms with van der Waals surface area (Å²) in [5, 5.41) is 8.67. The Balaban J connectivity index is 2.23. The highest BCUT2D eigenvalue weighted by atomic mass is 79.9. The van der Waals surface area contributed by atoms with E-state index in [0.29, 0.717) is 19.5 Å². The van der Waals surface area contributed by atoms with E-state index >= 15 is 0 Å². The number of rotatable bonds is 4. The van der Waals surface area contributed by atoms with E-state index in [1.807, 2.05) is 30.1 Å². The average molecular weight is 327 g/mol. The van der Waals surface area contributed by atoms with Gasteiger partial charge in [0.1, 0.15) is 0 Å². The molecule has 0 saturated carbocycles. The largest absolute Gasteiger partial charge is 0.481 e. The molecular formula is C13H15BrN2O3. The first-order valence-electron chi connectivity index (χ1n) is 6.02. The standard InChI is InChI=1S/C13H15BrN2O3/c1-15-8-12(17)16(6-2-3-13(18)19)11-7-9(14)4-5-10(11)15/h4-5,7H,2-3,6,8H2,1H3,(H,18,19). The molecule has 1 aliphatic heterocycles. The van der Waals surface area contributed by atoms with Crippen molar-refractivity contribution >= 4 is 39.2 Å². The van der Waals surface area contributed by atoms with Gasteiger partial charge in [0.05, 0.1) is 17.9 Å². The number of carboxylic acids is 1. The van der Waals surface area contributed by atoms with E-state index in [-0.39, 0.29) is 12.3 Å². The van der Waals surface area contributed by atoms with Crippen molar-refractivity contribution in [1.82, 2.24) is 0 Å². The van der Waals surface area contributed by atoms with Crippen LogP contribution in [0.4, 0.5) is 11.4 Å². The second kappa shape index (κ2) is 5.61. The Bertz CT molecular complexity index is 519. The number of anilines is 2. The Morgan fingerprint density at radius 1 is 1.42 bits per heavy atom. The summed E-state index contributed by atoms with van der Waals surface area (Å²) in [5.41, 5.74) is 1.82. The molecule has 0 atom stereocenters. The van der Waals surface area contributed by atoms with Crippen LogP contribution in [0.25, 0.3) is 0 Å². The zero-order chi connectivity index (χ0) is 14.0. The van der Waals surface area contributed by atoms with Crippen molar-refractivity contribution < 1.29 is 14.7 Å². The lowest BCUT2D eigenvalue weighted by Crippen LogP contribution is -2.44. The van der Waals surface area contributed by atoms with Crippen molar-refractivity contribution in [3.05, 3.63) is 22.7 Å². The van der Waals surface area contributed by atoms with Crippen LogP contribution < -0.4 is 9.80 Å². The Kier molecular flexibility index (Phi) is 4.09. The number of carbonyl (C=O) groups is 2. The molecular weight excluding hydrogens is 312 g/mol. The van der Waals surface area contributed by atoms with Crippen LogP contribution in [0.5, 0.6) is 0 Å². The van der Waals surface area contributed by atoms with Crippen LogP contribution in [0.2, 0.25) is 0 Å². The van der Waals surface area contributed by atoms with Crippen molar-refractivity contribution in [3.63, 3.8) is 0 Å². The fraction of sp³-hybridized carbons (Fsp3) is 0.385. The molecule has 19 heavy (non-hydrogen) atoms. The molecule has 1 amide bonds. The van der Waals surface area contributed by atoms with E-state index in [1.165, 1.54) is 0 Å². The van der Waals surface area contributed by atoms with Gasteiger partial charge >= 0.3 is 5.97 Å². The van der Waals surface area contributed by atoms with E-state index in [9.17, 15) is 9.59 Å². The van der Waals surface area contributed by atoms with Gasteiger partial charge in [-0.05, 0) is 24.6 Å². The van der Waals surface area contributed by atoms with Gasteiger partial charge in [-0.15, -0.1) is 0 Å². The number of aliphatic carboxylic acids is 1. The van der Waals surface area contributed by atoms with Crippen molar-refractivity contribution in [2.24, 2.45) is 0 Å². The Labute approximate surface area is 119 Å². The number of fused-ring (bicyclic) bond motifs is 1. The zero-order valence-electron chi connectivity index (χ0n) is 10.6. The summed E-state index contributed by atoms with van der Waals surface area (Å²) in [5.74, 6) is -0.838. The summed E-state index contributed by atoms with van der Waals surface area (Å²) in [6, 6.07) is 5.78. The molecule has 6 heteroatoms. The van der Waals surface area contributed by atoms with Crippen LogP contribution in [0.3, 0.4) is 0 Å². The summed E-state index contributed by atoms with van der Waals surface area (Å²) in [7, 11) is 1.87. The second-order valence-electron chi connectivity index (χ2n) is 4.53. The lowest BCUT2D eigenvalue weighted by Gasteiger charge is -2.35. The smallest absolute Gasteiger partial charge is 0.303 e. The highest BCUT2D eigenvalue weighted by Crippen LogP contribution is 2.35. The maximum absolute atomic E-state index is 12.1. The van der Waals surface area contributed by atoms with E-state index in [4.69, 9.17) is 5.11 Å². The topological polar surface area (TPSA) is 60.9 Å². The van der Waals surface area contributed by atoms with Gasteiger partial charge in [0, 0.05) is 24.5 Å². The average Bonchev–Trinajstić information content (AvgIpc) is 2.32. The Morgan fingerprint density at radius 3 is 2.84 bits per heavy atom. The maximum atomic E-state index is 12.1. The normalized spacial score (nSPS) is 14.5. The number of amides is 1. The number of hydrogen-bond donors (Lipinski definition) is 1. The van der Waals surface area contributed by atoms with Crippen LogP contribution >= 0.6 is 15.9 Å². The molecule has 0 saturated heterocycles. The van der Waals surface area contributed by atoms with E-state index in [1.54, 1.807) is 4.90 Å². The minimum Gasteiger partial charge on any atom is -0.481 e. The molecule has 0 aromatic heterocycles. The quantitative estimate of drug-likeness (QED) is 0.920. The number of halogens is 1. The predicted octanol–water partition coefficient (Wildman–Crippen LogP) is 2.10. The van der Waals surface area contributed by atoms with Crippen molar-refractivity contribution in [2.45, 2.75) is 12.8 Å². The molecule has 0 radical (unpaired) electrons. The van der Waals surface area contributed by atoms with Gasteiger partial charge in [-0.3, -0.25) is 9.59 Å². The Morgan fingerprint density at radius 2 is 2.16 bits per heavy atom. The molecule has 5 nitrogen and oxygen atoms in total. The highest BCUT2D eigenvalue weighted by Gasteiger charge is 2.27. The lowest BCUT2D eigenvalue weighted by molar-refractivity contribution is -0.137. The second-order valence-corrected chi connectivity index (χ2v) is 5.45. The number of likely N-dealkylation sites (N-methyl/N-ethyl adjacent to an activating group) is 1. The highest BCUT2D eigenvalue weighted by molar-refractivity contribution is 9.10. The van der Waals surface area contributed by atoms with Gasteiger partial charge < -0.3 is 14.9 Å². The van der Waals surface area contributed by atoms with Crippen molar-refractivity contribution in [1.29, 1.82) is 0 Å². The molecule has 2 rings (SSSR count). The van der Waals surface area contributed by atoms with E-state index in [0.717, 1.165) is 15.8 Å². The molecule has 1 heterocycles. The zero-order valence-corrected chi connectivity index (χ0v) is 12.2. The minimum absolute atomic E-state index is 0.00140. The lowest BCUT2D eigenvalue weighted by atomic mass is 10.1. The third-order valence-corrected chi connectivity index (χ3v) is 3.58.